The lowest BCUT2D eigenvalue weighted by molar-refractivity contribution is -0.140. The van der Waals surface area contributed by atoms with Crippen molar-refractivity contribution in [1.82, 2.24) is 4.98 Å². The summed E-state index contributed by atoms with van der Waals surface area (Å²) in [4.78, 5) is 15.5. The van der Waals surface area contributed by atoms with Crippen molar-refractivity contribution in [3.8, 4) is 0 Å². The minimum Gasteiger partial charge on any atom is -0.469 e. The standard InChI is InChI=1S/C13H20N2O3S/c1-13(6-3-7-18-13)9-14-12-15-10(8-19-12)4-5-11(16)17-2/h8H,3-7,9H2,1-2H3,(H,14,15). The molecule has 1 saturated heterocycles. The molecule has 1 unspecified atom stereocenters. The molecule has 1 aliphatic heterocycles. The Bertz CT molecular complexity index is 427. The Labute approximate surface area is 117 Å². The first kappa shape index (κ1) is 14.3. The van der Waals surface area contributed by atoms with Gasteiger partial charge in [-0.2, -0.15) is 0 Å². The molecule has 1 aliphatic rings. The van der Waals surface area contributed by atoms with E-state index in [0.717, 1.165) is 36.8 Å². The fourth-order valence-corrected chi connectivity index (χ4v) is 2.82. The highest BCUT2D eigenvalue weighted by atomic mass is 32.1. The van der Waals surface area contributed by atoms with Gasteiger partial charge in [-0.3, -0.25) is 4.79 Å². The van der Waals surface area contributed by atoms with E-state index in [1.807, 2.05) is 5.38 Å². The van der Waals surface area contributed by atoms with Crippen LogP contribution in [0.3, 0.4) is 0 Å². The first-order valence-corrected chi connectivity index (χ1v) is 7.38. The number of rotatable bonds is 6. The van der Waals surface area contributed by atoms with Crippen LogP contribution in [-0.4, -0.2) is 36.8 Å². The zero-order valence-electron chi connectivity index (χ0n) is 11.4. The Morgan fingerprint density at radius 2 is 2.53 bits per heavy atom. The summed E-state index contributed by atoms with van der Waals surface area (Å²) < 4.78 is 10.3. The van der Waals surface area contributed by atoms with Crippen LogP contribution in [0.15, 0.2) is 5.38 Å². The van der Waals surface area contributed by atoms with Crippen LogP contribution in [-0.2, 0) is 20.7 Å². The predicted molar refractivity (Wildman–Crippen MR) is 74.5 cm³/mol. The van der Waals surface area contributed by atoms with E-state index in [9.17, 15) is 4.79 Å². The van der Waals surface area contributed by atoms with Crippen LogP contribution in [0.2, 0.25) is 0 Å². The van der Waals surface area contributed by atoms with Crippen LogP contribution in [0.5, 0.6) is 0 Å². The number of nitrogens with zero attached hydrogens (tertiary/aromatic N) is 1. The SMILES string of the molecule is COC(=O)CCc1csc(NCC2(C)CCCO2)n1. The topological polar surface area (TPSA) is 60.5 Å². The van der Waals surface area contributed by atoms with E-state index in [1.54, 1.807) is 11.3 Å². The second kappa shape index (κ2) is 6.34. The minimum atomic E-state index is -0.200. The molecule has 6 heteroatoms. The van der Waals surface area contributed by atoms with E-state index in [4.69, 9.17) is 4.74 Å². The van der Waals surface area contributed by atoms with Crippen molar-refractivity contribution in [2.75, 3.05) is 25.6 Å². The minimum absolute atomic E-state index is 0.0716. The van der Waals surface area contributed by atoms with Crippen LogP contribution < -0.4 is 5.32 Å². The molecule has 106 valence electrons. The molecule has 0 aromatic carbocycles. The van der Waals surface area contributed by atoms with Crippen LogP contribution >= 0.6 is 11.3 Å². The molecule has 0 amide bonds. The van der Waals surface area contributed by atoms with E-state index >= 15 is 0 Å². The summed E-state index contributed by atoms with van der Waals surface area (Å²) in [5.41, 5.74) is 0.855. The molecule has 0 radical (unpaired) electrons. The molecule has 0 aliphatic carbocycles. The van der Waals surface area contributed by atoms with E-state index in [0.29, 0.717) is 12.8 Å². The molecule has 0 spiro atoms. The van der Waals surface area contributed by atoms with E-state index < -0.39 is 0 Å². The summed E-state index contributed by atoms with van der Waals surface area (Å²) in [6, 6.07) is 0. The fraction of sp³-hybridized carbons (Fsp3) is 0.692. The molecule has 1 N–H and O–H groups in total. The second-order valence-electron chi connectivity index (χ2n) is 4.98. The van der Waals surface area contributed by atoms with Gasteiger partial charge in [0, 0.05) is 25.0 Å². The Morgan fingerprint density at radius 3 is 3.21 bits per heavy atom. The Kier molecular flexibility index (Phi) is 4.76. The molecule has 0 saturated carbocycles. The number of thiazole rings is 1. The van der Waals surface area contributed by atoms with E-state index in [-0.39, 0.29) is 11.6 Å². The van der Waals surface area contributed by atoms with Crippen molar-refractivity contribution in [2.24, 2.45) is 0 Å². The quantitative estimate of drug-likeness (QED) is 0.812. The molecule has 1 aromatic rings. The molecule has 2 rings (SSSR count). The number of hydrogen-bond donors (Lipinski definition) is 1. The summed E-state index contributed by atoms with van der Waals surface area (Å²) in [6.45, 7) is 3.75. The van der Waals surface area contributed by atoms with Crippen molar-refractivity contribution >= 4 is 22.4 Å². The molecular formula is C13H20N2O3S. The molecule has 1 atom stereocenters. The van der Waals surface area contributed by atoms with Crippen LogP contribution in [0.25, 0.3) is 0 Å². The average Bonchev–Trinajstić information content (AvgIpc) is 3.03. The number of aryl methyl sites for hydroxylation is 1. The highest BCUT2D eigenvalue weighted by molar-refractivity contribution is 7.13. The van der Waals surface area contributed by atoms with Gasteiger partial charge in [0.25, 0.3) is 0 Å². The van der Waals surface area contributed by atoms with Gasteiger partial charge in [0.15, 0.2) is 5.13 Å². The molecule has 5 nitrogen and oxygen atoms in total. The number of nitrogens with one attached hydrogen (secondary N) is 1. The van der Waals surface area contributed by atoms with Crippen molar-refractivity contribution < 1.29 is 14.3 Å². The zero-order chi connectivity index (χ0) is 13.7. The van der Waals surface area contributed by atoms with Crippen molar-refractivity contribution in [2.45, 2.75) is 38.2 Å². The molecule has 2 heterocycles. The second-order valence-corrected chi connectivity index (χ2v) is 5.83. The monoisotopic (exact) mass is 284 g/mol. The van der Waals surface area contributed by atoms with Gasteiger partial charge >= 0.3 is 5.97 Å². The van der Waals surface area contributed by atoms with Crippen molar-refractivity contribution in [1.29, 1.82) is 0 Å². The summed E-state index contributed by atoms with van der Waals surface area (Å²) in [5, 5.41) is 6.18. The van der Waals surface area contributed by atoms with Gasteiger partial charge in [0.05, 0.1) is 24.8 Å². The number of carbonyl (C=O) groups is 1. The van der Waals surface area contributed by atoms with Crippen LogP contribution in [0.1, 0.15) is 31.9 Å². The number of methoxy groups -OCH3 is 1. The largest absolute Gasteiger partial charge is 0.469 e. The summed E-state index contributed by atoms with van der Waals surface area (Å²) >= 11 is 1.56. The van der Waals surface area contributed by atoms with Gasteiger partial charge < -0.3 is 14.8 Å². The molecule has 0 bridgehead atoms. The summed E-state index contributed by atoms with van der Waals surface area (Å²) in [6.07, 6.45) is 3.21. The third kappa shape index (κ3) is 4.18. The maximum absolute atomic E-state index is 11.1. The van der Waals surface area contributed by atoms with Crippen molar-refractivity contribution in [3.05, 3.63) is 11.1 Å². The predicted octanol–water partition coefficient (Wildman–Crippen LogP) is 2.23. The van der Waals surface area contributed by atoms with Crippen molar-refractivity contribution in [3.63, 3.8) is 0 Å². The Balaban J connectivity index is 1.78. The molecule has 1 aromatic heterocycles. The Hall–Kier alpha value is -1.14. The number of hydrogen-bond acceptors (Lipinski definition) is 6. The smallest absolute Gasteiger partial charge is 0.305 e. The lowest BCUT2D eigenvalue weighted by Gasteiger charge is -2.22. The number of esters is 1. The van der Waals surface area contributed by atoms with Crippen LogP contribution in [0.4, 0.5) is 5.13 Å². The third-order valence-corrected chi connectivity index (χ3v) is 4.13. The van der Waals surface area contributed by atoms with Gasteiger partial charge in [-0.05, 0) is 19.8 Å². The highest BCUT2D eigenvalue weighted by Crippen LogP contribution is 2.26. The molecule has 19 heavy (non-hydrogen) atoms. The third-order valence-electron chi connectivity index (χ3n) is 3.28. The number of anilines is 1. The summed E-state index contributed by atoms with van der Waals surface area (Å²) in [7, 11) is 1.40. The number of ether oxygens (including phenoxy) is 2. The lowest BCUT2D eigenvalue weighted by Crippen LogP contribution is -2.32. The molecule has 1 fully saturated rings. The van der Waals surface area contributed by atoms with Gasteiger partial charge in [-0.25, -0.2) is 4.98 Å². The first-order chi connectivity index (χ1) is 9.11. The maximum Gasteiger partial charge on any atom is 0.305 e. The maximum atomic E-state index is 11.1. The van der Waals surface area contributed by atoms with Gasteiger partial charge in [-0.1, -0.05) is 0 Å². The van der Waals surface area contributed by atoms with Gasteiger partial charge in [0.2, 0.25) is 0 Å². The highest BCUT2D eigenvalue weighted by Gasteiger charge is 2.29. The normalized spacial score (nSPS) is 22.4. The average molecular weight is 284 g/mol. The van der Waals surface area contributed by atoms with E-state index in [2.05, 4.69) is 22.0 Å². The molecular weight excluding hydrogens is 264 g/mol. The first-order valence-electron chi connectivity index (χ1n) is 6.50. The Morgan fingerprint density at radius 1 is 1.68 bits per heavy atom. The number of aromatic nitrogens is 1. The van der Waals surface area contributed by atoms with E-state index in [1.165, 1.54) is 7.11 Å². The zero-order valence-corrected chi connectivity index (χ0v) is 12.2. The lowest BCUT2D eigenvalue weighted by atomic mass is 10.0. The van der Waals surface area contributed by atoms with Gasteiger partial charge in [-0.15, -0.1) is 11.3 Å². The van der Waals surface area contributed by atoms with Crippen LogP contribution in [0, 0.1) is 0 Å². The fourth-order valence-electron chi connectivity index (χ4n) is 2.07. The van der Waals surface area contributed by atoms with Gasteiger partial charge in [0.1, 0.15) is 0 Å². The summed E-state index contributed by atoms with van der Waals surface area (Å²) in [5.74, 6) is -0.200. The number of carbonyl (C=O) groups excluding carboxylic acids is 1.